The third kappa shape index (κ3) is 3.33. The van der Waals surface area contributed by atoms with Crippen molar-refractivity contribution in [3.05, 3.63) is 53.6 Å². The number of hydrogen-bond acceptors (Lipinski definition) is 3. The molecule has 0 aliphatic rings. The van der Waals surface area contributed by atoms with E-state index in [0.29, 0.717) is 5.56 Å². The maximum Gasteiger partial charge on any atom is 0.335 e. The Kier molecular flexibility index (Phi) is 4.69. The molecule has 0 aliphatic carbocycles. The fourth-order valence-corrected chi connectivity index (χ4v) is 2.71. The van der Waals surface area contributed by atoms with Crippen LogP contribution in [0.1, 0.15) is 22.8 Å². The van der Waals surface area contributed by atoms with Crippen molar-refractivity contribution in [3.63, 3.8) is 0 Å². The van der Waals surface area contributed by atoms with Crippen LogP contribution in [0.5, 0.6) is 5.75 Å². The highest BCUT2D eigenvalue weighted by Crippen LogP contribution is 2.35. The molecule has 0 bridgehead atoms. The van der Waals surface area contributed by atoms with Gasteiger partial charge >= 0.3 is 5.97 Å². The molecule has 2 aromatic carbocycles. The number of methoxy groups -OCH3 is 1. The number of carbonyl (C=O) groups is 1. The fraction of sp³-hybridized carbons (Fsp3) is 0.188. The second-order valence-corrected chi connectivity index (χ2v) is 5.39. The van der Waals surface area contributed by atoms with Crippen molar-refractivity contribution in [2.24, 2.45) is 0 Å². The lowest BCUT2D eigenvalue weighted by atomic mass is 10.2. The van der Waals surface area contributed by atoms with Gasteiger partial charge in [-0.25, -0.2) is 4.79 Å². The minimum atomic E-state index is -0.911. The maximum absolute atomic E-state index is 10.8. The first kappa shape index (κ1) is 14.5. The van der Waals surface area contributed by atoms with E-state index < -0.39 is 5.97 Å². The number of ether oxygens (including phenoxy) is 1. The molecule has 3 nitrogen and oxygen atoms in total. The Morgan fingerprint density at radius 2 is 1.90 bits per heavy atom. The highest BCUT2D eigenvalue weighted by molar-refractivity contribution is 7.99. The first-order valence-corrected chi connectivity index (χ1v) is 7.13. The van der Waals surface area contributed by atoms with Gasteiger partial charge in [0.05, 0.1) is 17.6 Å². The zero-order valence-electron chi connectivity index (χ0n) is 11.4. The molecule has 104 valence electrons. The third-order valence-electron chi connectivity index (χ3n) is 2.97. The van der Waals surface area contributed by atoms with Gasteiger partial charge in [0.1, 0.15) is 5.75 Å². The van der Waals surface area contributed by atoms with Crippen molar-refractivity contribution in [1.29, 1.82) is 0 Å². The second kappa shape index (κ2) is 6.48. The Balaban J connectivity index is 2.23. The van der Waals surface area contributed by atoms with Crippen LogP contribution in [0.3, 0.4) is 0 Å². The number of carboxylic acid groups (broad SMARTS) is 1. The molecule has 4 heteroatoms. The lowest BCUT2D eigenvalue weighted by molar-refractivity contribution is 0.0697. The Bertz CT molecular complexity index is 606. The van der Waals surface area contributed by atoms with Crippen molar-refractivity contribution in [3.8, 4) is 5.75 Å². The average molecular weight is 288 g/mol. The molecule has 0 aromatic heterocycles. The van der Waals surface area contributed by atoms with Gasteiger partial charge in [-0.1, -0.05) is 24.8 Å². The van der Waals surface area contributed by atoms with Crippen LogP contribution in [0.25, 0.3) is 0 Å². The summed E-state index contributed by atoms with van der Waals surface area (Å²) in [4.78, 5) is 12.8. The van der Waals surface area contributed by atoms with Gasteiger partial charge in [-0.2, -0.15) is 0 Å². The summed E-state index contributed by atoms with van der Waals surface area (Å²) in [5.74, 6) is -0.0666. The molecule has 2 rings (SSSR count). The maximum atomic E-state index is 10.8. The molecular weight excluding hydrogens is 272 g/mol. The summed E-state index contributed by atoms with van der Waals surface area (Å²) < 4.78 is 5.41. The van der Waals surface area contributed by atoms with E-state index in [9.17, 15) is 4.79 Å². The SMILES string of the molecule is CCc1ccc(Sc2ccc(C(=O)O)cc2)c(OC)c1. The van der Waals surface area contributed by atoms with Gasteiger partial charge < -0.3 is 9.84 Å². The normalized spacial score (nSPS) is 10.3. The Morgan fingerprint density at radius 1 is 1.20 bits per heavy atom. The summed E-state index contributed by atoms with van der Waals surface area (Å²) in [6.07, 6.45) is 0.967. The van der Waals surface area contributed by atoms with E-state index >= 15 is 0 Å². The van der Waals surface area contributed by atoms with Gasteiger partial charge in [-0.05, 0) is 48.4 Å². The number of rotatable bonds is 5. The van der Waals surface area contributed by atoms with Crippen LogP contribution < -0.4 is 4.74 Å². The largest absolute Gasteiger partial charge is 0.496 e. The molecule has 0 atom stereocenters. The number of aromatic carboxylic acids is 1. The van der Waals surface area contributed by atoms with Crippen LogP contribution in [0.15, 0.2) is 52.3 Å². The Labute approximate surface area is 122 Å². The lowest BCUT2D eigenvalue weighted by Crippen LogP contribution is -1.94. The summed E-state index contributed by atoms with van der Waals surface area (Å²) in [5.41, 5.74) is 1.52. The Morgan fingerprint density at radius 3 is 2.45 bits per heavy atom. The van der Waals surface area contributed by atoms with Crippen molar-refractivity contribution >= 4 is 17.7 Å². The predicted molar refractivity (Wildman–Crippen MR) is 79.9 cm³/mol. The summed E-state index contributed by atoms with van der Waals surface area (Å²) in [7, 11) is 1.66. The van der Waals surface area contributed by atoms with E-state index in [-0.39, 0.29) is 0 Å². The summed E-state index contributed by atoms with van der Waals surface area (Å²) in [6, 6.07) is 13.0. The molecule has 0 aliphatic heterocycles. The minimum absolute atomic E-state index is 0.294. The zero-order valence-corrected chi connectivity index (χ0v) is 12.2. The molecule has 0 unspecified atom stereocenters. The number of carboxylic acids is 1. The van der Waals surface area contributed by atoms with E-state index in [1.165, 1.54) is 5.56 Å². The monoisotopic (exact) mass is 288 g/mol. The molecule has 0 fully saturated rings. The number of benzene rings is 2. The van der Waals surface area contributed by atoms with Gasteiger partial charge in [-0.15, -0.1) is 0 Å². The quantitative estimate of drug-likeness (QED) is 0.899. The first-order chi connectivity index (χ1) is 9.63. The van der Waals surface area contributed by atoms with Crippen LogP contribution in [0.2, 0.25) is 0 Å². The Hall–Kier alpha value is -1.94. The molecule has 0 radical (unpaired) electrons. The molecular formula is C16H16O3S. The predicted octanol–water partition coefficient (Wildman–Crippen LogP) is 4.11. The molecule has 0 spiro atoms. The lowest BCUT2D eigenvalue weighted by Gasteiger charge is -2.10. The van der Waals surface area contributed by atoms with Crippen LogP contribution in [-0.4, -0.2) is 18.2 Å². The molecule has 0 saturated carbocycles. The van der Waals surface area contributed by atoms with Crippen LogP contribution in [-0.2, 0) is 6.42 Å². The third-order valence-corrected chi connectivity index (χ3v) is 4.03. The van der Waals surface area contributed by atoms with Gasteiger partial charge in [0.15, 0.2) is 0 Å². The second-order valence-electron chi connectivity index (χ2n) is 4.27. The van der Waals surface area contributed by atoms with Crippen molar-refractivity contribution in [2.45, 2.75) is 23.1 Å². The summed E-state index contributed by atoms with van der Waals surface area (Å²) in [5, 5.41) is 8.88. The first-order valence-electron chi connectivity index (χ1n) is 6.32. The minimum Gasteiger partial charge on any atom is -0.496 e. The summed E-state index contributed by atoms with van der Waals surface area (Å²) >= 11 is 1.56. The summed E-state index contributed by atoms with van der Waals surface area (Å²) in [6.45, 7) is 2.10. The zero-order chi connectivity index (χ0) is 14.5. The van der Waals surface area contributed by atoms with E-state index in [1.54, 1.807) is 43.1 Å². The molecule has 2 aromatic rings. The van der Waals surface area contributed by atoms with Crippen molar-refractivity contribution < 1.29 is 14.6 Å². The van der Waals surface area contributed by atoms with E-state index in [4.69, 9.17) is 9.84 Å². The fourth-order valence-electron chi connectivity index (χ4n) is 1.81. The van der Waals surface area contributed by atoms with Crippen LogP contribution >= 0.6 is 11.8 Å². The average Bonchev–Trinajstić information content (AvgIpc) is 2.48. The van der Waals surface area contributed by atoms with E-state index in [0.717, 1.165) is 22.0 Å². The van der Waals surface area contributed by atoms with Gasteiger partial charge in [0.25, 0.3) is 0 Å². The molecule has 0 heterocycles. The van der Waals surface area contributed by atoms with Crippen molar-refractivity contribution in [1.82, 2.24) is 0 Å². The van der Waals surface area contributed by atoms with Gasteiger partial charge in [0, 0.05) is 4.90 Å². The topological polar surface area (TPSA) is 46.5 Å². The molecule has 20 heavy (non-hydrogen) atoms. The van der Waals surface area contributed by atoms with Gasteiger partial charge in [0.2, 0.25) is 0 Å². The van der Waals surface area contributed by atoms with Crippen molar-refractivity contribution in [2.75, 3.05) is 7.11 Å². The van der Waals surface area contributed by atoms with E-state index in [1.807, 2.05) is 12.1 Å². The highest BCUT2D eigenvalue weighted by atomic mass is 32.2. The number of hydrogen-bond donors (Lipinski definition) is 1. The van der Waals surface area contributed by atoms with Crippen LogP contribution in [0, 0.1) is 0 Å². The standard InChI is InChI=1S/C16H16O3S/c1-3-11-4-9-15(14(10-11)19-2)20-13-7-5-12(6-8-13)16(17)18/h4-10H,3H2,1-2H3,(H,17,18). The molecule has 1 N–H and O–H groups in total. The highest BCUT2D eigenvalue weighted by Gasteiger charge is 2.07. The molecule has 0 amide bonds. The van der Waals surface area contributed by atoms with Gasteiger partial charge in [-0.3, -0.25) is 0 Å². The number of aryl methyl sites for hydroxylation is 1. The van der Waals surface area contributed by atoms with Crippen LogP contribution in [0.4, 0.5) is 0 Å². The molecule has 0 saturated heterocycles. The smallest absolute Gasteiger partial charge is 0.335 e. The van der Waals surface area contributed by atoms with E-state index in [2.05, 4.69) is 13.0 Å².